The zero-order valence-corrected chi connectivity index (χ0v) is 15.0. The van der Waals surface area contributed by atoms with Crippen LogP contribution in [0.25, 0.3) is 11.6 Å². The van der Waals surface area contributed by atoms with Crippen molar-refractivity contribution in [1.82, 2.24) is 4.98 Å². The van der Waals surface area contributed by atoms with Crippen LogP contribution in [0.1, 0.15) is 47.2 Å². The molecule has 2 aliphatic rings. The largest absolute Gasteiger partial charge is 0.454 e. The van der Waals surface area contributed by atoms with E-state index >= 15 is 0 Å². The summed E-state index contributed by atoms with van der Waals surface area (Å²) in [7, 11) is 0. The Morgan fingerprint density at radius 2 is 1.89 bits per heavy atom. The molecular weight excluding hydrogens is 338 g/mol. The van der Waals surface area contributed by atoms with Crippen LogP contribution in [0, 0.1) is 0 Å². The number of rotatable bonds is 3. The Labute approximate surface area is 157 Å². The predicted octanol–water partition coefficient (Wildman–Crippen LogP) is 4.76. The quantitative estimate of drug-likeness (QED) is 0.735. The van der Waals surface area contributed by atoms with Crippen molar-refractivity contribution in [2.45, 2.75) is 19.3 Å². The number of ketones is 1. The van der Waals surface area contributed by atoms with E-state index in [1.165, 1.54) is 0 Å². The molecule has 1 N–H and O–H groups in total. The van der Waals surface area contributed by atoms with Gasteiger partial charge >= 0.3 is 0 Å². The van der Waals surface area contributed by atoms with Crippen molar-refractivity contribution in [2.75, 3.05) is 6.79 Å². The van der Waals surface area contributed by atoms with E-state index in [4.69, 9.17) is 9.47 Å². The average molecular weight is 357 g/mol. The first-order valence-electron chi connectivity index (χ1n) is 9.08. The first-order valence-corrected chi connectivity index (χ1v) is 9.08. The number of Topliss-reactive ketones (excluding diaryl/α,β-unsaturated/α-hetero) is 1. The van der Waals surface area contributed by atoms with Gasteiger partial charge in [-0.05, 0) is 53.5 Å². The van der Waals surface area contributed by atoms with Gasteiger partial charge in [-0.1, -0.05) is 30.3 Å². The number of hydrogen-bond acceptors (Lipinski definition) is 3. The van der Waals surface area contributed by atoms with Gasteiger partial charge in [-0.25, -0.2) is 0 Å². The summed E-state index contributed by atoms with van der Waals surface area (Å²) >= 11 is 0. The normalized spacial score (nSPS) is 16.9. The Balaban J connectivity index is 1.78. The summed E-state index contributed by atoms with van der Waals surface area (Å²) in [6, 6.07) is 16.5. The summed E-state index contributed by atoms with van der Waals surface area (Å²) in [6.07, 6.45) is 4.59. The lowest BCUT2D eigenvalue weighted by Crippen LogP contribution is -2.09. The van der Waals surface area contributed by atoms with Crippen LogP contribution in [0.2, 0.25) is 0 Å². The molecule has 1 aromatic heterocycles. The van der Waals surface area contributed by atoms with Crippen LogP contribution in [0.15, 0.2) is 54.7 Å². The topological polar surface area (TPSA) is 51.3 Å². The molecule has 0 bridgehead atoms. The third-order valence-corrected chi connectivity index (χ3v) is 5.25. The summed E-state index contributed by atoms with van der Waals surface area (Å²) in [5, 5.41) is 0. The van der Waals surface area contributed by atoms with Crippen LogP contribution in [0.4, 0.5) is 0 Å². The highest BCUT2D eigenvalue weighted by molar-refractivity contribution is 5.95. The van der Waals surface area contributed by atoms with Crippen LogP contribution >= 0.6 is 0 Å². The number of carbonyl (C=O) groups is 1. The van der Waals surface area contributed by atoms with Gasteiger partial charge in [0.05, 0.1) is 0 Å². The lowest BCUT2D eigenvalue weighted by atomic mass is 9.87. The van der Waals surface area contributed by atoms with Gasteiger partial charge in [0, 0.05) is 29.8 Å². The highest BCUT2D eigenvalue weighted by Gasteiger charge is 2.29. The van der Waals surface area contributed by atoms with Crippen molar-refractivity contribution in [3.05, 3.63) is 82.7 Å². The maximum absolute atomic E-state index is 12.1. The number of nitrogens with one attached hydrogen (secondary N) is 1. The van der Waals surface area contributed by atoms with Crippen LogP contribution in [-0.2, 0) is 4.79 Å². The predicted molar refractivity (Wildman–Crippen MR) is 104 cm³/mol. The van der Waals surface area contributed by atoms with E-state index in [2.05, 4.69) is 29.3 Å². The van der Waals surface area contributed by atoms with Crippen molar-refractivity contribution in [1.29, 1.82) is 0 Å². The van der Waals surface area contributed by atoms with E-state index in [-0.39, 0.29) is 18.5 Å². The maximum atomic E-state index is 12.1. The average Bonchev–Trinajstić information content (AvgIpc) is 3.31. The van der Waals surface area contributed by atoms with Gasteiger partial charge in [-0.2, -0.15) is 0 Å². The number of aromatic amines is 1. The molecule has 1 atom stereocenters. The van der Waals surface area contributed by atoms with E-state index in [9.17, 15) is 4.79 Å². The molecule has 0 spiro atoms. The second-order valence-electron chi connectivity index (χ2n) is 7.02. The maximum Gasteiger partial charge on any atom is 0.231 e. The highest BCUT2D eigenvalue weighted by Crippen LogP contribution is 2.45. The third-order valence-electron chi connectivity index (χ3n) is 5.25. The SMILES string of the molecule is CC(=O)C[C@@H]1c2cc3c(cc2C=C(c2ccccc2)c2cc[nH]c21)OCO3. The first kappa shape index (κ1) is 15.9. The molecule has 5 rings (SSSR count). The molecule has 1 aliphatic heterocycles. The summed E-state index contributed by atoms with van der Waals surface area (Å²) in [6.45, 7) is 1.88. The number of H-pyrrole nitrogens is 1. The first-order chi connectivity index (χ1) is 13.2. The number of fused-ring (bicyclic) bond motifs is 3. The van der Waals surface area contributed by atoms with Gasteiger partial charge in [0.15, 0.2) is 11.5 Å². The van der Waals surface area contributed by atoms with Crippen molar-refractivity contribution in [3.8, 4) is 11.5 Å². The van der Waals surface area contributed by atoms with E-state index in [1.54, 1.807) is 6.92 Å². The van der Waals surface area contributed by atoms with Crippen LogP contribution in [0.5, 0.6) is 11.5 Å². The molecule has 27 heavy (non-hydrogen) atoms. The van der Waals surface area contributed by atoms with Gasteiger partial charge in [0.2, 0.25) is 6.79 Å². The van der Waals surface area contributed by atoms with Crippen molar-refractivity contribution in [2.24, 2.45) is 0 Å². The van der Waals surface area contributed by atoms with Gasteiger partial charge < -0.3 is 14.5 Å². The Morgan fingerprint density at radius 3 is 2.67 bits per heavy atom. The molecule has 3 aromatic rings. The summed E-state index contributed by atoms with van der Waals surface area (Å²) in [5.74, 6) is 1.61. The van der Waals surface area contributed by atoms with E-state index in [1.807, 2.05) is 36.5 Å². The molecule has 0 fully saturated rings. The van der Waals surface area contributed by atoms with Crippen LogP contribution in [0.3, 0.4) is 0 Å². The van der Waals surface area contributed by atoms with Crippen LogP contribution in [-0.4, -0.2) is 17.6 Å². The molecule has 0 saturated heterocycles. The van der Waals surface area contributed by atoms with Crippen molar-refractivity contribution in [3.63, 3.8) is 0 Å². The smallest absolute Gasteiger partial charge is 0.231 e. The summed E-state index contributed by atoms with van der Waals surface area (Å²) in [4.78, 5) is 15.5. The molecule has 134 valence electrons. The minimum Gasteiger partial charge on any atom is -0.454 e. The molecule has 0 radical (unpaired) electrons. The van der Waals surface area contributed by atoms with E-state index in [0.717, 1.165) is 45.0 Å². The lowest BCUT2D eigenvalue weighted by Gasteiger charge is -2.18. The van der Waals surface area contributed by atoms with Gasteiger partial charge in [-0.15, -0.1) is 0 Å². The Hall–Kier alpha value is -3.27. The summed E-state index contributed by atoms with van der Waals surface area (Å²) in [5.41, 5.74) is 6.63. The van der Waals surface area contributed by atoms with Gasteiger partial charge in [0.25, 0.3) is 0 Å². The summed E-state index contributed by atoms with van der Waals surface area (Å²) < 4.78 is 11.2. The minimum atomic E-state index is -0.0468. The fraction of sp³-hybridized carbons (Fsp3) is 0.174. The fourth-order valence-corrected chi connectivity index (χ4v) is 4.05. The molecular formula is C23H19NO3. The highest BCUT2D eigenvalue weighted by atomic mass is 16.7. The lowest BCUT2D eigenvalue weighted by molar-refractivity contribution is -0.117. The Morgan fingerprint density at radius 1 is 1.11 bits per heavy atom. The molecule has 4 nitrogen and oxygen atoms in total. The molecule has 2 heterocycles. The molecule has 0 amide bonds. The van der Waals surface area contributed by atoms with Crippen molar-refractivity contribution >= 4 is 17.4 Å². The molecule has 4 heteroatoms. The standard InChI is InChI=1S/C23H19NO3/c1-14(25)9-20-19-12-22-21(26-13-27-22)11-16(19)10-18(15-5-3-2-4-6-15)17-7-8-24-23(17)20/h2-8,10-12,20,24H,9,13H2,1H3/t20-/m1/s1. The minimum absolute atomic E-state index is 0.0468. The van der Waals surface area contributed by atoms with Crippen molar-refractivity contribution < 1.29 is 14.3 Å². The zero-order valence-electron chi connectivity index (χ0n) is 15.0. The zero-order chi connectivity index (χ0) is 18.4. The number of hydrogen-bond donors (Lipinski definition) is 1. The molecule has 0 unspecified atom stereocenters. The second-order valence-corrected chi connectivity index (χ2v) is 7.02. The monoisotopic (exact) mass is 357 g/mol. The Kier molecular flexibility index (Phi) is 3.64. The number of carbonyl (C=O) groups excluding carboxylic acids is 1. The molecule has 2 aromatic carbocycles. The number of ether oxygens (including phenoxy) is 2. The Bertz CT molecular complexity index is 1060. The molecule has 0 saturated carbocycles. The van der Waals surface area contributed by atoms with E-state index in [0.29, 0.717) is 6.42 Å². The van der Waals surface area contributed by atoms with Crippen LogP contribution < -0.4 is 9.47 Å². The van der Waals surface area contributed by atoms with Gasteiger partial charge in [-0.3, -0.25) is 4.79 Å². The third kappa shape index (κ3) is 2.65. The number of aromatic nitrogens is 1. The van der Waals surface area contributed by atoms with Gasteiger partial charge in [0.1, 0.15) is 5.78 Å². The second kappa shape index (κ2) is 6.16. The molecule has 1 aliphatic carbocycles. The van der Waals surface area contributed by atoms with E-state index < -0.39 is 0 Å². The number of benzene rings is 2. The fourth-order valence-electron chi connectivity index (χ4n) is 4.05.